The standard InChI is InChI=1S/C23H36FN5O2/c1-3-27-8-10-28(11-9-27)20-7-6-18(15-19(20)24)16-26-23(25-2)29-12-14-31-22(17-29)21-5-4-13-30-21/h6-7,15,21-22H,3-5,8-14,16-17H2,1-2H3,(H,25,26). The van der Waals surface area contributed by atoms with Crippen molar-refractivity contribution in [2.45, 2.75) is 38.5 Å². The predicted molar refractivity (Wildman–Crippen MR) is 121 cm³/mol. The van der Waals surface area contributed by atoms with Crippen molar-refractivity contribution >= 4 is 11.6 Å². The van der Waals surface area contributed by atoms with Crippen molar-refractivity contribution < 1.29 is 13.9 Å². The highest BCUT2D eigenvalue weighted by atomic mass is 19.1. The molecule has 7 nitrogen and oxygen atoms in total. The Morgan fingerprint density at radius 1 is 1.13 bits per heavy atom. The van der Waals surface area contributed by atoms with Crippen LogP contribution in [0.4, 0.5) is 10.1 Å². The van der Waals surface area contributed by atoms with Gasteiger partial charge in [-0.25, -0.2) is 4.39 Å². The molecule has 172 valence electrons. The quantitative estimate of drug-likeness (QED) is 0.566. The van der Waals surface area contributed by atoms with E-state index in [0.29, 0.717) is 18.8 Å². The molecule has 3 heterocycles. The molecule has 31 heavy (non-hydrogen) atoms. The maximum atomic E-state index is 14.8. The number of nitrogens with one attached hydrogen (secondary N) is 1. The average Bonchev–Trinajstić information content (AvgIpc) is 3.35. The molecule has 3 aliphatic rings. The largest absolute Gasteiger partial charge is 0.375 e. The van der Waals surface area contributed by atoms with Gasteiger partial charge >= 0.3 is 0 Å². The van der Waals surface area contributed by atoms with Crippen molar-refractivity contribution in [3.05, 3.63) is 29.6 Å². The maximum absolute atomic E-state index is 14.8. The molecule has 0 saturated carbocycles. The average molecular weight is 434 g/mol. The van der Waals surface area contributed by atoms with Crippen LogP contribution >= 0.6 is 0 Å². The molecule has 4 rings (SSSR count). The zero-order valence-electron chi connectivity index (χ0n) is 18.9. The number of likely N-dealkylation sites (N-methyl/N-ethyl adjacent to an activating group) is 1. The summed E-state index contributed by atoms with van der Waals surface area (Å²) >= 11 is 0. The summed E-state index contributed by atoms with van der Waals surface area (Å²) in [6.07, 6.45) is 2.43. The van der Waals surface area contributed by atoms with Gasteiger partial charge in [0, 0.05) is 59.5 Å². The van der Waals surface area contributed by atoms with Gasteiger partial charge in [-0.05, 0) is 37.1 Å². The van der Waals surface area contributed by atoms with Gasteiger partial charge < -0.3 is 29.5 Å². The monoisotopic (exact) mass is 433 g/mol. The first kappa shape index (κ1) is 22.3. The molecule has 3 aliphatic heterocycles. The number of piperazine rings is 1. The number of anilines is 1. The highest BCUT2D eigenvalue weighted by Crippen LogP contribution is 2.23. The van der Waals surface area contributed by atoms with Crippen LogP contribution in [0.3, 0.4) is 0 Å². The van der Waals surface area contributed by atoms with Gasteiger partial charge in [-0.3, -0.25) is 4.99 Å². The lowest BCUT2D eigenvalue weighted by molar-refractivity contribution is -0.0817. The second kappa shape index (κ2) is 10.6. The smallest absolute Gasteiger partial charge is 0.194 e. The number of aliphatic imine (C=N–C) groups is 1. The molecule has 0 aliphatic carbocycles. The number of morpholine rings is 1. The highest BCUT2D eigenvalue weighted by Gasteiger charge is 2.32. The molecule has 8 heteroatoms. The van der Waals surface area contributed by atoms with Gasteiger partial charge in [0.1, 0.15) is 11.9 Å². The fourth-order valence-corrected chi connectivity index (χ4v) is 4.72. The molecule has 0 spiro atoms. The van der Waals surface area contributed by atoms with Crippen LogP contribution in [-0.4, -0.2) is 94.0 Å². The molecule has 2 unspecified atom stereocenters. The van der Waals surface area contributed by atoms with Crippen molar-refractivity contribution in [3.8, 4) is 0 Å². The Morgan fingerprint density at radius 2 is 1.94 bits per heavy atom. The number of rotatable bonds is 5. The first-order valence-corrected chi connectivity index (χ1v) is 11.6. The van der Waals surface area contributed by atoms with Crippen LogP contribution in [0.5, 0.6) is 0 Å². The molecule has 3 fully saturated rings. The fraction of sp³-hybridized carbons (Fsp3) is 0.696. The van der Waals surface area contributed by atoms with Crippen LogP contribution in [0.2, 0.25) is 0 Å². The van der Waals surface area contributed by atoms with Crippen LogP contribution in [0.1, 0.15) is 25.3 Å². The summed E-state index contributed by atoms with van der Waals surface area (Å²) in [5, 5.41) is 3.40. The molecule has 2 atom stereocenters. The Labute approximate surface area is 185 Å². The molecule has 3 saturated heterocycles. The van der Waals surface area contributed by atoms with Gasteiger partial charge in [0.05, 0.1) is 18.4 Å². The van der Waals surface area contributed by atoms with Crippen molar-refractivity contribution in [2.75, 3.05) is 71.0 Å². The molecule has 1 aromatic carbocycles. The summed E-state index contributed by atoms with van der Waals surface area (Å²) in [6.45, 7) is 10.5. The zero-order valence-corrected chi connectivity index (χ0v) is 18.9. The number of guanidine groups is 1. The van der Waals surface area contributed by atoms with Gasteiger partial charge in [0.25, 0.3) is 0 Å². The topological polar surface area (TPSA) is 52.6 Å². The summed E-state index contributed by atoms with van der Waals surface area (Å²) in [4.78, 5) is 11.2. The number of benzene rings is 1. The number of nitrogens with zero attached hydrogens (tertiary/aromatic N) is 4. The Hall–Kier alpha value is -1.90. The third-order valence-electron chi connectivity index (χ3n) is 6.61. The Kier molecular flexibility index (Phi) is 7.63. The van der Waals surface area contributed by atoms with Crippen molar-refractivity contribution in [3.63, 3.8) is 0 Å². The minimum absolute atomic E-state index is 0.0831. The van der Waals surface area contributed by atoms with E-state index in [-0.39, 0.29) is 18.0 Å². The summed E-state index contributed by atoms with van der Waals surface area (Å²) in [5.74, 6) is 0.676. The lowest BCUT2D eigenvalue weighted by atomic mass is 10.1. The van der Waals surface area contributed by atoms with E-state index in [9.17, 15) is 4.39 Å². The number of ether oxygens (including phenoxy) is 2. The molecular weight excluding hydrogens is 397 g/mol. The van der Waals surface area contributed by atoms with Crippen LogP contribution < -0.4 is 10.2 Å². The number of hydrogen-bond acceptors (Lipinski definition) is 5. The van der Waals surface area contributed by atoms with Crippen LogP contribution in [0, 0.1) is 5.82 Å². The van der Waals surface area contributed by atoms with Gasteiger partial charge in [-0.2, -0.15) is 0 Å². The number of hydrogen-bond donors (Lipinski definition) is 1. The Morgan fingerprint density at radius 3 is 2.61 bits per heavy atom. The van der Waals surface area contributed by atoms with Crippen molar-refractivity contribution in [1.29, 1.82) is 0 Å². The summed E-state index contributed by atoms with van der Waals surface area (Å²) in [5.41, 5.74) is 1.62. The minimum Gasteiger partial charge on any atom is -0.375 e. The van der Waals surface area contributed by atoms with E-state index in [1.807, 2.05) is 12.1 Å². The fourth-order valence-electron chi connectivity index (χ4n) is 4.72. The Balaban J connectivity index is 1.32. The molecule has 0 amide bonds. The van der Waals surface area contributed by atoms with Crippen LogP contribution in [0.15, 0.2) is 23.2 Å². The van der Waals surface area contributed by atoms with E-state index in [2.05, 4.69) is 31.9 Å². The molecule has 1 N–H and O–H groups in total. The second-order valence-corrected chi connectivity index (χ2v) is 8.51. The van der Waals surface area contributed by atoms with Crippen LogP contribution in [0.25, 0.3) is 0 Å². The molecule has 0 bridgehead atoms. The minimum atomic E-state index is -0.149. The second-order valence-electron chi connectivity index (χ2n) is 8.51. The third-order valence-corrected chi connectivity index (χ3v) is 6.61. The van der Waals surface area contributed by atoms with Crippen molar-refractivity contribution in [2.24, 2.45) is 4.99 Å². The van der Waals surface area contributed by atoms with E-state index in [4.69, 9.17) is 9.47 Å². The van der Waals surface area contributed by atoms with E-state index >= 15 is 0 Å². The van der Waals surface area contributed by atoms with Gasteiger partial charge in [0.15, 0.2) is 5.96 Å². The zero-order chi connectivity index (χ0) is 21.6. The number of halogens is 1. The first-order chi connectivity index (χ1) is 15.2. The first-order valence-electron chi connectivity index (χ1n) is 11.6. The van der Waals surface area contributed by atoms with Crippen molar-refractivity contribution in [1.82, 2.24) is 15.1 Å². The van der Waals surface area contributed by atoms with Gasteiger partial charge in [-0.15, -0.1) is 0 Å². The van der Waals surface area contributed by atoms with Gasteiger partial charge in [0.2, 0.25) is 0 Å². The predicted octanol–water partition coefficient (Wildman–Crippen LogP) is 1.92. The molecule has 1 aromatic rings. The maximum Gasteiger partial charge on any atom is 0.194 e. The van der Waals surface area contributed by atoms with E-state index < -0.39 is 0 Å². The van der Waals surface area contributed by atoms with E-state index in [1.54, 1.807) is 13.1 Å². The summed E-state index contributed by atoms with van der Waals surface area (Å²) in [6, 6.07) is 5.58. The van der Waals surface area contributed by atoms with E-state index in [0.717, 1.165) is 76.8 Å². The highest BCUT2D eigenvalue weighted by molar-refractivity contribution is 5.80. The normalized spacial score (nSPS) is 25.8. The lowest BCUT2D eigenvalue weighted by Gasteiger charge is -2.37. The third kappa shape index (κ3) is 5.48. The lowest BCUT2D eigenvalue weighted by Crippen LogP contribution is -2.53. The molecule has 0 radical (unpaired) electrons. The molecular formula is C23H36FN5O2. The SMILES string of the molecule is CCN1CCN(c2ccc(CNC(=NC)N3CCOC(C4CCCO4)C3)cc2F)CC1. The van der Waals surface area contributed by atoms with Gasteiger partial charge in [-0.1, -0.05) is 13.0 Å². The van der Waals surface area contributed by atoms with E-state index in [1.165, 1.54) is 0 Å². The Bertz CT molecular complexity index is 747. The van der Waals surface area contributed by atoms with Crippen LogP contribution in [-0.2, 0) is 16.0 Å². The summed E-state index contributed by atoms with van der Waals surface area (Å²) < 4.78 is 26.6. The summed E-state index contributed by atoms with van der Waals surface area (Å²) in [7, 11) is 1.79. The molecule has 0 aromatic heterocycles.